The molecular formula is C18H22N6O. The van der Waals surface area contributed by atoms with E-state index in [1.165, 1.54) is 0 Å². The standard InChI is InChI=1S/C18H22N6O/c1-3-19-18-21-11(2)13-10-14(15-8-9-20-23-15)17(25)24(16(13)22-18)12-6-4-5-7-12/h8-10,12H,3-7H2,1-2H3,(H,20,23)(H,19,21,22). The van der Waals surface area contributed by atoms with E-state index in [9.17, 15) is 4.79 Å². The molecular weight excluding hydrogens is 316 g/mol. The molecule has 0 spiro atoms. The van der Waals surface area contributed by atoms with Crippen LogP contribution in [0, 0.1) is 6.92 Å². The number of fused-ring (bicyclic) bond motifs is 1. The van der Waals surface area contributed by atoms with Crippen molar-refractivity contribution < 1.29 is 0 Å². The molecule has 1 aliphatic rings. The zero-order valence-corrected chi connectivity index (χ0v) is 14.5. The second kappa shape index (κ2) is 6.31. The van der Waals surface area contributed by atoms with E-state index >= 15 is 0 Å². The van der Waals surface area contributed by atoms with Crippen molar-refractivity contribution in [2.24, 2.45) is 0 Å². The maximum Gasteiger partial charge on any atom is 0.262 e. The van der Waals surface area contributed by atoms with Crippen molar-refractivity contribution in [1.29, 1.82) is 0 Å². The maximum atomic E-state index is 13.3. The molecule has 1 fully saturated rings. The van der Waals surface area contributed by atoms with Gasteiger partial charge in [-0.15, -0.1) is 0 Å². The molecule has 0 amide bonds. The van der Waals surface area contributed by atoms with E-state index < -0.39 is 0 Å². The van der Waals surface area contributed by atoms with Crippen LogP contribution in [0.5, 0.6) is 0 Å². The van der Waals surface area contributed by atoms with Gasteiger partial charge < -0.3 is 5.32 Å². The minimum atomic E-state index is -0.0213. The minimum absolute atomic E-state index is 0.0213. The fourth-order valence-corrected chi connectivity index (χ4v) is 3.68. The summed E-state index contributed by atoms with van der Waals surface area (Å²) in [5.74, 6) is 0.575. The molecule has 3 aromatic rings. The van der Waals surface area contributed by atoms with Gasteiger partial charge in [-0.1, -0.05) is 12.8 Å². The third-order valence-corrected chi connectivity index (χ3v) is 4.88. The van der Waals surface area contributed by atoms with Gasteiger partial charge in [-0.2, -0.15) is 10.1 Å². The van der Waals surface area contributed by atoms with Gasteiger partial charge in [0, 0.05) is 24.2 Å². The number of nitrogens with zero attached hydrogens (tertiary/aromatic N) is 4. The highest BCUT2D eigenvalue weighted by Crippen LogP contribution is 2.32. The van der Waals surface area contributed by atoms with Gasteiger partial charge in [0.15, 0.2) is 0 Å². The summed E-state index contributed by atoms with van der Waals surface area (Å²) in [4.78, 5) is 22.5. The third-order valence-electron chi connectivity index (χ3n) is 4.88. The number of aromatic nitrogens is 5. The molecule has 0 bridgehead atoms. The Morgan fingerprint density at radius 1 is 1.32 bits per heavy atom. The Bertz CT molecular complexity index is 954. The monoisotopic (exact) mass is 338 g/mol. The molecule has 7 nitrogen and oxygen atoms in total. The number of aromatic amines is 1. The molecule has 0 saturated heterocycles. The van der Waals surface area contributed by atoms with Crippen molar-refractivity contribution in [3.05, 3.63) is 34.4 Å². The van der Waals surface area contributed by atoms with Gasteiger partial charge in [0.25, 0.3) is 5.56 Å². The summed E-state index contributed by atoms with van der Waals surface area (Å²) in [5.41, 5.74) is 2.83. The van der Waals surface area contributed by atoms with Crippen molar-refractivity contribution in [3.8, 4) is 11.3 Å². The zero-order valence-electron chi connectivity index (χ0n) is 14.5. The number of hydrogen-bond acceptors (Lipinski definition) is 5. The van der Waals surface area contributed by atoms with Crippen LogP contribution >= 0.6 is 0 Å². The van der Waals surface area contributed by atoms with Crippen LogP contribution in [-0.4, -0.2) is 31.3 Å². The molecule has 0 atom stereocenters. The minimum Gasteiger partial charge on any atom is -0.354 e. The van der Waals surface area contributed by atoms with Crippen LogP contribution in [0.4, 0.5) is 5.95 Å². The lowest BCUT2D eigenvalue weighted by Gasteiger charge is -2.18. The summed E-state index contributed by atoms with van der Waals surface area (Å²) in [6.07, 6.45) is 6.05. The van der Waals surface area contributed by atoms with E-state index in [0.717, 1.165) is 49.0 Å². The lowest BCUT2D eigenvalue weighted by molar-refractivity contribution is 0.516. The van der Waals surface area contributed by atoms with Crippen LogP contribution < -0.4 is 10.9 Å². The highest BCUT2D eigenvalue weighted by Gasteiger charge is 2.24. The van der Waals surface area contributed by atoms with E-state index in [2.05, 4.69) is 25.5 Å². The summed E-state index contributed by atoms with van der Waals surface area (Å²) in [6, 6.07) is 3.90. The second-order valence-electron chi connectivity index (χ2n) is 6.53. The molecule has 0 aliphatic heterocycles. The molecule has 0 unspecified atom stereocenters. The molecule has 3 aromatic heterocycles. The highest BCUT2D eigenvalue weighted by atomic mass is 16.1. The molecule has 130 valence electrons. The Morgan fingerprint density at radius 2 is 2.12 bits per heavy atom. The molecule has 4 rings (SSSR count). The summed E-state index contributed by atoms with van der Waals surface area (Å²) >= 11 is 0. The van der Waals surface area contributed by atoms with Gasteiger partial charge >= 0.3 is 0 Å². The van der Waals surface area contributed by atoms with Crippen molar-refractivity contribution in [1.82, 2.24) is 24.7 Å². The van der Waals surface area contributed by atoms with Crippen molar-refractivity contribution in [3.63, 3.8) is 0 Å². The number of rotatable bonds is 4. The molecule has 0 radical (unpaired) electrons. The van der Waals surface area contributed by atoms with Gasteiger partial charge in [0.05, 0.1) is 17.0 Å². The molecule has 3 heterocycles. The summed E-state index contributed by atoms with van der Waals surface area (Å²) in [7, 11) is 0. The van der Waals surface area contributed by atoms with Crippen LogP contribution in [0.25, 0.3) is 22.3 Å². The first kappa shape index (κ1) is 15.8. The van der Waals surface area contributed by atoms with Gasteiger partial charge in [-0.05, 0) is 38.8 Å². The van der Waals surface area contributed by atoms with Crippen LogP contribution in [-0.2, 0) is 0 Å². The largest absolute Gasteiger partial charge is 0.354 e. The average molecular weight is 338 g/mol. The van der Waals surface area contributed by atoms with Gasteiger partial charge in [0.1, 0.15) is 5.65 Å². The number of anilines is 1. The van der Waals surface area contributed by atoms with Crippen LogP contribution in [0.15, 0.2) is 23.1 Å². The Morgan fingerprint density at radius 3 is 2.80 bits per heavy atom. The van der Waals surface area contributed by atoms with Crippen LogP contribution in [0.3, 0.4) is 0 Å². The third kappa shape index (κ3) is 2.69. The smallest absolute Gasteiger partial charge is 0.262 e. The van der Waals surface area contributed by atoms with Crippen molar-refractivity contribution >= 4 is 17.0 Å². The van der Waals surface area contributed by atoms with Gasteiger partial charge in [0.2, 0.25) is 5.95 Å². The second-order valence-corrected chi connectivity index (χ2v) is 6.53. The maximum absolute atomic E-state index is 13.3. The number of aryl methyl sites for hydroxylation is 1. The van der Waals surface area contributed by atoms with Crippen molar-refractivity contribution in [2.45, 2.75) is 45.6 Å². The number of pyridine rings is 1. The summed E-state index contributed by atoms with van der Waals surface area (Å²) in [5, 5.41) is 11.1. The molecule has 7 heteroatoms. The lowest BCUT2D eigenvalue weighted by atomic mass is 10.1. The Labute approximate surface area is 145 Å². The molecule has 0 aromatic carbocycles. The SMILES string of the molecule is CCNc1nc(C)c2cc(-c3cc[nH]n3)c(=O)n(C3CCCC3)c2n1. The molecule has 1 aliphatic carbocycles. The molecule has 2 N–H and O–H groups in total. The number of nitrogens with one attached hydrogen (secondary N) is 2. The molecule has 1 saturated carbocycles. The predicted octanol–water partition coefficient (Wildman–Crippen LogP) is 3.04. The number of hydrogen-bond donors (Lipinski definition) is 2. The predicted molar refractivity (Wildman–Crippen MR) is 97.8 cm³/mol. The first-order chi connectivity index (χ1) is 12.2. The Hall–Kier alpha value is -2.70. The van der Waals surface area contributed by atoms with E-state index in [1.54, 1.807) is 6.20 Å². The highest BCUT2D eigenvalue weighted by molar-refractivity contribution is 5.83. The first-order valence-electron chi connectivity index (χ1n) is 8.87. The van der Waals surface area contributed by atoms with E-state index in [4.69, 9.17) is 0 Å². The zero-order chi connectivity index (χ0) is 17.4. The first-order valence-corrected chi connectivity index (χ1v) is 8.87. The normalized spacial score (nSPS) is 15.1. The molecule has 25 heavy (non-hydrogen) atoms. The fourth-order valence-electron chi connectivity index (χ4n) is 3.68. The Kier molecular flexibility index (Phi) is 3.99. The van der Waals surface area contributed by atoms with E-state index in [1.807, 2.05) is 30.5 Å². The quantitative estimate of drug-likeness (QED) is 0.763. The van der Waals surface area contributed by atoms with Crippen LogP contribution in [0.2, 0.25) is 0 Å². The lowest BCUT2D eigenvalue weighted by Crippen LogP contribution is -2.26. The van der Waals surface area contributed by atoms with Gasteiger partial charge in [-0.3, -0.25) is 14.5 Å². The summed E-state index contributed by atoms with van der Waals surface area (Å²) < 4.78 is 1.88. The Balaban J connectivity index is 2.04. The number of H-pyrrole nitrogens is 1. The van der Waals surface area contributed by atoms with Gasteiger partial charge in [-0.25, -0.2) is 4.98 Å². The van der Waals surface area contributed by atoms with Crippen molar-refractivity contribution in [2.75, 3.05) is 11.9 Å². The van der Waals surface area contributed by atoms with E-state index in [-0.39, 0.29) is 11.6 Å². The van der Waals surface area contributed by atoms with E-state index in [0.29, 0.717) is 17.2 Å². The average Bonchev–Trinajstić information content (AvgIpc) is 3.28. The topological polar surface area (TPSA) is 88.5 Å². The fraction of sp³-hybridized carbons (Fsp3) is 0.444. The summed E-state index contributed by atoms with van der Waals surface area (Å²) in [6.45, 7) is 4.71. The van der Waals surface area contributed by atoms with Crippen LogP contribution in [0.1, 0.15) is 44.3 Å².